The van der Waals surface area contributed by atoms with Crippen LogP contribution in [0.1, 0.15) is 28.8 Å². The summed E-state index contributed by atoms with van der Waals surface area (Å²) in [6.07, 6.45) is 8.82. The number of carbonyl (C=O) groups is 1. The number of hydrogen-bond acceptors (Lipinski definition) is 11. The molecule has 9 rings (SSSR count). The van der Waals surface area contributed by atoms with Crippen LogP contribution < -0.4 is 25.0 Å². The van der Waals surface area contributed by atoms with E-state index in [1.807, 2.05) is 40.7 Å². The Morgan fingerprint density at radius 3 is 2.47 bits per heavy atom. The van der Waals surface area contributed by atoms with Crippen molar-refractivity contribution >= 4 is 46.5 Å². The Kier molecular flexibility index (Phi) is 12.0. The standard InChI is InChI=1S/C43H42F2N9O3S.Hf/c1-56-36-11-10-26(22-30(36)42(55)50-40-31(44)7-6-8-32(40)45)39-41(54-15-5-4-9-38(54)49-39)33-12-14-46-43(47-33)48-34-23-27-21-29-24-28(51-17-19-52(58-3)20-18-51)13-16-53(29)35(27)25-37(34)57-2;/h4-12,14-15,22-23,25,28H,13,16-21,24H2,1-3H3,(H,50,55)(H,46,47,48);/q-1;. The normalized spacial score (nSPS) is 17.0. The number of halogens is 2. The molecule has 2 fully saturated rings. The first-order valence-electron chi connectivity index (χ1n) is 19.2. The van der Waals surface area contributed by atoms with Gasteiger partial charge in [-0.3, -0.25) is 9.20 Å². The average molecular weight is 981 g/mol. The van der Waals surface area contributed by atoms with Gasteiger partial charge in [-0.15, -0.1) is 12.8 Å². The van der Waals surface area contributed by atoms with Crippen LogP contribution in [0.3, 0.4) is 0 Å². The number of piperidine rings is 1. The molecule has 16 heteroatoms. The number of nitrogens with zero attached hydrogens (tertiary/aromatic N) is 7. The van der Waals surface area contributed by atoms with Gasteiger partial charge in [-0.2, -0.15) is 0 Å². The third kappa shape index (κ3) is 7.95. The molecule has 0 radical (unpaired) electrons. The summed E-state index contributed by atoms with van der Waals surface area (Å²) in [5.41, 5.74) is 5.67. The van der Waals surface area contributed by atoms with E-state index in [9.17, 15) is 13.6 Å². The molecule has 3 aromatic heterocycles. The van der Waals surface area contributed by atoms with Crippen LogP contribution in [0.15, 0.2) is 85.2 Å². The molecular formula is C43H42F2HfN9O3S-. The summed E-state index contributed by atoms with van der Waals surface area (Å²) in [5, 5.41) is 5.80. The number of carbonyl (C=O) groups excluding carboxylic acids is 1. The minimum atomic E-state index is -0.893. The van der Waals surface area contributed by atoms with E-state index in [-0.39, 0.29) is 37.2 Å². The van der Waals surface area contributed by atoms with Gasteiger partial charge < -0.3 is 29.9 Å². The minimum Gasteiger partial charge on any atom is -0.519 e. The van der Waals surface area contributed by atoms with Crippen molar-refractivity contribution in [2.24, 2.45) is 0 Å². The number of imidazole rings is 1. The van der Waals surface area contributed by atoms with Gasteiger partial charge in [0.15, 0.2) is 0 Å². The SMILES string of the molecule is COc1cc2c(cc1Nc1nccc(-c3c(-c4ccc(OC)c(C(=O)Nc5c(F)cccc5F)c4)nc4ccccn34)n1)C[C-]1CC(N3CCN(SC)CC3)CCN21.[Hf]. The fraction of sp³-hybridized carbons (Fsp3) is 0.279. The first-order chi connectivity index (χ1) is 28.3. The monoisotopic (exact) mass is 982 g/mol. The van der Waals surface area contributed by atoms with E-state index in [1.54, 1.807) is 37.6 Å². The molecule has 0 bridgehead atoms. The second-order valence-corrected chi connectivity index (χ2v) is 15.3. The number of ether oxygens (including phenoxy) is 2. The van der Waals surface area contributed by atoms with E-state index in [0.717, 1.165) is 69.8 Å². The van der Waals surface area contributed by atoms with Crippen LogP contribution in [0.4, 0.5) is 31.8 Å². The quantitative estimate of drug-likeness (QED) is 0.0801. The van der Waals surface area contributed by atoms with Crippen molar-refractivity contribution in [3.8, 4) is 34.1 Å². The van der Waals surface area contributed by atoms with E-state index in [2.05, 4.69) is 48.1 Å². The Morgan fingerprint density at radius 2 is 1.71 bits per heavy atom. The molecule has 6 heterocycles. The largest absolute Gasteiger partial charge is 0.519 e. The number of hydrogen-bond donors (Lipinski definition) is 2. The summed E-state index contributed by atoms with van der Waals surface area (Å²) in [5.74, 6) is -1.25. The molecule has 1 unspecified atom stereocenters. The number of piperazine rings is 1. The number of fused-ring (bicyclic) bond motifs is 4. The maximum Gasteiger partial charge on any atom is 0.259 e. The van der Waals surface area contributed by atoms with E-state index in [1.165, 1.54) is 30.5 Å². The first kappa shape index (κ1) is 40.9. The Balaban J connectivity index is 0.00000484. The van der Waals surface area contributed by atoms with Gasteiger partial charge in [0, 0.05) is 81.7 Å². The van der Waals surface area contributed by atoms with Crippen molar-refractivity contribution < 1.29 is 48.9 Å². The molecule has 6 aromatic rings. The second kappa shape index (κ2) is 17.4. The van der Waals surface area contributed by atoms with Gasteiger partial charge in [-0.25, -0.2) is 34.1 Å². The fourth-order valence-corrected chi connectivity index (χ4v) is 8.91. The summed E-state index contributed by atoms with van der Waals surface area (Å²) in [7, 11) is 3.09. The summed E-state index contributed by atoms with van der Waals surface area (Å²) >= 11 is 1.84. The van der Waals surface area contributed by atoms with Crippen molar-refractivity contribution in [3.05, 3.63) is 114 Å². The molecule has 1 amide bonds. The van der Waals surface area contributed by atoms with Crippen LogP contribution in [0, 0.1) is 17.7 Å². The van der Waals surface area contributed by atoms with E-state index < -0.39 is 23.2 Å². The van der Waals surface area contributed by atoms with Gasteiger partial charge in [0.05, 0.1) is 42.6 Å². The van der Waals surface area contributed by atoms with Crippen molar-refractivity contribution in [2.75, 3.05) is 68.7 Å². The van der Waals surface area contributed by atoms with Gasteiger partial charge in [0.2, 0.25) is 5.95 Å². The van der Waals surface area contributed by atoms with Gasteiger partial charge in [-0.1, -0.05) is 29.6 Å². The van der Waals surface area contributed by atoms with Crippen LogP contribution >= 0.6 is 11.9 Å². The zero-order valence-electron chi connectivity index (χ0n) is 32.8. The molecule has 302 valence electrons. The predicted octanol–water partition coefficient (Wildman–Crippen LogP) is 7.70. The maximum atomic E-state index is 14.5. The summed E-state index contributed by atoms with van der Waals surface area (Å²) < 4.78 is 44.8. The van der Waals surface area contributed by atoms with Crippen molar-refractivity contribution in [3.63, 3.8) is 0 Å². The third-order valence-corrected chi connectivity index (χ3v) is 12.1. The zero-order chi connectivity index (χ0) is 39.9. The van der Waals surface area contributed by atoms with Gasteiger partial charge in [0.1, 0.15) is 34.5 Å². The van der Waals surface area contributed by atoms with Crippen LogP contribution in [0.5, 0.6) is 11.5 Å². The topological polar surface area (TPSA) is 112 Å². The number of rotatable bonds is 10. The molecule has 3 aliphatic rings. The average Bonchev–Trinajstić information content (AvgIpc) is 3.82. The number of methoxy groups -OCH3 is 2. The molecule has 0 saturated carbocycles. The second-order valence-electron chi connectivity index (χ2n) is 14.5. The third-order valence-electron chi connectivity index (χ3n) is 11.3. The maximum absolute atomic E-state index is 14.5. The van der Waals surface area contributed by atoms with Crippen LogP contribution in [-0.2, 0) is 32.3 Å². The number of para-hydroxylation sites is 1. The van der Waals surface area contributed by atoms with Crippen LogP contribution in [0.25, 0.3) is 28.3 Å². The van der Waals surface area contributed by atoms with Crippen molar-refractivity contribution in [2.45, 2.75) is 25.3 Å². The van der Waals surface area contributed by atoms with Crippen LogP contribution in [0.2, 0.25) is 0 Å². The molecule has 0 spiro atoms. The smallest absolute Gasteiger partial charge is 0.259 e. The summed E-state index contributed by atoms with van der Waals surface area (Å²) in [6.45, 7) is 5.42. The van der Waals surface area contributed by atoms with E-state index in [0.29, 0.717) is 46.0 Å². The number of benzene rings is 3. The van der Waals surface area contributed by atoms with E-state index >= 15 is 0 Å². The predicted molar refractivity (Wildman–Crippen MR) is 223 cm³/mol. The molecule has 59 heavy (non-hydrogen) atoms. The van der Waals surface area contributed by atoms with Crippen molar-refractivity contribution in [1.82, 2.24) is 28.6 Å². The van der Waals surface area contributed by atoms with Gasteiger partial charge in [-0.05, 0) is 79.9 Å². The van der Waals surface area contributed by atoms with Crippen LogP contribution in [-0.4, -0.2) is 93.7 Å². The molecule has 12 nitrogen and oxygen atoms in total. The summed E-state index contributed by atoms with van der Waals surface area (Å²) in [4.78, 5) is 33.2. The molecule has 1 atom stereocenters. The summed E-state index contributed by atoms with van der Waals surface area (Å²) in [6, 6.07) is 22.1. The molecule has 2 saturated heterocycles. The van der Waals surface area contributed by atoms with Gasteiger partial charge in [0.25, 0.3) is 5.91 Å². The molecule has 2 N–H and O–H groups in total. The number of pyridine rings is 1. The molecule has 0 aliphatic carbocycles. The minimum absolute atomic E-state index is 0. The number of aromatic nitrogens is 4. The zero-order valence-corrected chi connectivity index (χ0v) is 37.2. The first-order valence-corrected chi connectivity index (χ1v) is 20.4. The fourth-order valence-electron chi connectivity index (χ4n) is 8.38. The molecular weight excluding hydrogens is 939 g/mol. The number of anilines is 4. The van der Waals surface area contributed by atoms with Gasteiger partial charge >= 0.3 is 0 Å². The Hall–Kier alpha value is -4.90. The Morgan fingerprint density at radius 1 is 0.915 bits per heavy atom. The van der Waals surface area contributed by atoms with Crippen molar-refractivity contribution in [1.29, 1.82) is 0 Å². The number of nitrogens with one attached hydrogen (secondary N) is 2. The molecule has 3 aliphatic heterocycles. The van der Waals surface area contributed by atoms with E-state index in [4.69, 9.17) is 19.4 Å². The Labute approximate surface area is 364 Å². The Bertz CT molecular complexity index is 2500. The number of amides is 1. The molecule has 3 aromatic carbocycles.